The molecule has 2 aliphatic rings. The van der Waals surface area contributed by atoms with Crippen molar-refractivity contribution in [1.82, 2.24) is 5.32 Å². The van der Waals surface area contributed by atoms with Gasteiger partial charge in [-0.25, -0.2) is 0 Å². The van der Waals surface area contributed by atoms with Crippen LogP contribution in [-0.4, -0.2) is 25.4 Å². The lowest BCUT2D eigenvalue weighted by atomic mass is 9.87. The number of piperidine rings is 1. The monoisotopic (exact) mass is 424 g/mol. The fraction of sp³-hybridized carbons (Fsp3) is 0.500. The average molecular weight is 425 g/mol. The summed E-state index contributed by atoms with van der Waals surface area (Å²) in [4.78, 5) is 5.05. The van der Waals surface area contributed by atoms with Crippen LogP contribution in [-0.2, 0) is 0 Å². The number of ether oxygens (including phenoxy) is 1. The molecular weight excluding hydrogens is 392 g/mol. The highest BCUT2D eigenvalue weighted by Gasteiger charge is 2.29. The minimum absolute atomic E-state index is 0.375. The van der Waals surface area contributed by atoms with Crippen LogP contribution < -0.4 is 10.1 Å². The third-order valence-corrected chi connectivity index (χ3v) is 7.03. The number of nitrogens with zero attached hydrogens (tertiary/aromatic N) is 1. The quantitative estimate of drug-likeness (QED) is 0.474. The van der Waals surface area contributed by atoms with Crippen LogP contribution in [0, 0.1) is 19.8 Å². The number of rotatable bonds is 8. The van der Waals surface area contributed by atoms with Gasteiger partial charge < -0.3 is 10.1 Å². The zero-order chi connectivity index (χ0) is 20.9. The number of aryl methyl sites for hydroxylation is 1. The van der Waals surface area contributed by atoms with Gasteiger partial charge in [-0.05, 0) is 93.1 Å². The Balaban J connectivity index is 1.41. The number of aliphatic imine (C=N–C) groups is 1. The second-order valence-electron chi connectivity index (χ2n) is 8.82. The van der Waals surface area contributed by atoms with E-state index in [1.54, 1.807) is 0 Å². The molecule has 0 radical (unpaired) electrons. The van der Waals surface area contributed by atoms with Crippen molar-refractivity contribution in [1.29, 1.82) is 0 Å². The molecule has 4 heteroatoms. The molecule has 30 heavy (non-hydrogen) atoms. The van der Waals surface area contributed by atoms with Gasteiger partial charge in [-0.1, -0.05) is 43.0 Å². The van der Waals surface area contributed by atoms with Crippen LogP contribution in [0.2, 0.25) is 5.02 Å². The van der Waals surface area contributed by atoms with E-state index in [2.05, 4.69) is 31.3 Å². The first kappa shape index (κ1) is 21.4. The van der Waals surface area contributed by atoms with E-state index >= 15 is 0 Å². The molecule has 2 aromatic carbocycles. The van der Waals surface area contributed by atoms with Crippen LogP contribution in [0.15, 0.2) is 41.4 Å². The van der Waals surface area contributed by atoms with Gasteiger partial charge in [0.15, 0.2) is 0 Å². The zero-order valence-corrected chi connectivity index (χ0v) is 19.0. The first-order valence-electron chi connectivity index (χ1n) is 11.4. The molecule has 1 atom stereocenters. The van der Waals surface area contributed by atoms with Crippen molar-refractivity contribution in [2.75, 3.05) is 19.7 Å². The summed E-state index contributed by atoms with van der Waals surface area (Å²) in [5, 5.41) is 4.20. The summed E-state index contributed by atoms with van der Waals surface area (Å²) in [5.74, 6) is 2.13. The van der Waals surface area contributed by atoms with E-state index in [4.69, 9.17) is 21.3 Å². The van der Waals surface area contributed by atoms with Crippen molar-refractivity contribution in [2.45, 2.75) is 58.3 Å². The van der Waals surface area contributed by atoms with Crippen LogP contribution >= 0.6 is 11.6 Å². The molecule has 0 saturated carbocycles. The van der Waals surface area contributed by atoms with Crippen molar-refractivity contribution >= 4 is 23.0 Å². The van der Waals surface area contributed by atoms with Gasteiger partial charge in [0, 0.05) is 10.9 Å². The van der Waals surface area contributed by atoms with Crippen molar-refractivity contribution < 1.29 is 4.74 Å². The maximum absolute atomic E-state index is 6.08. The van der Waals surface area contributed by atoms with Crippen LogP contribution in [0.25, 0.3) is 0 Å². The summed E-state index contributed by atoms with van der Waals surface area (Å²) < 4.78 is 6.08. The lowest BCUT2D eigenvalue weighted by molar-refractivity contribution is 0.341. The number of nitrogens with one attached hydrogen (secondary N) is 1. The largest absolute Gasteiger partial charge is 0.488 e. The van der Waals surface area contributed by atoms with Crippen molar-refractivity contribution in [3.8, 4) is 5.75 Å². The Labute approximate surface area is 185 Å². The number of unbranched alkanes of at least 4 members (excludes halogenated alkanes) is 1. The van der Waals surface area contributed by atoms with Crippen LogP contribution in [0.3, 0.4) is 0 Å². The SMILES string of the molecule is Cc1ccc2c(c1C)N=C(COc1ccc(Cl)cc1)C2CCCCC1CCNCC1. The maximum atomic E-state index is 6.08. The summed E-state index contributed by atoms with van der Waals surface area (Å²) in [6.45, 7) is 7.28. The lowest BCUT2D eigenvalue weighted by Gasteiger charge is -2.22. The molecule has 0 aromatic heterocycles. The summed E-state index contributed by atoms with van der Waals surface area (Å²) in [7, 11) is 0. The second-order valence-corrected chi connectivity index (χ2v) is 9.26. The Hall–Kier alpha value is -1.84. The normalized spacial score (nSPS) is 18.9. The highest BCUT2D eigenvalue weighted by atomic mass is 35.5. The van der Waals surface area contributed by atoms with Gasteiger partial charge >= 0.3 is 0 Å². The summed E-state index contributed by atoms with van der Waals surface area (Å²) in [6.07, 6.45) is 7.76. The molecular formula is C26H33ClN2O. The smallest absolute Gasteiger partial charge is 0.127 e. The first-order valence-corrected chi connectivity index (χ1v) is 11.8. The minimum atomic E-state index is 0.375. The molecule has 1 fully saturated rings. The predicted molar refractivity (Wildman–Crippen MR) is 127 cm³/mol. The third-order valence-electron chi connectivity index (χ3n) is 6.78. The van der Waals surface area contributed by atoms with E-state index in [1.807, 2.05) is 24.3 Å². The van der Waals surface area contributed by atoms with E-state index < -0.39 is 0 Å². The molecule has 2 aliphatic heterocycles. The molecule has 1 N–H and O–H groups in total. The number of benzene rings is 2. The van der Waals surface area contributed by atoms with Gasteiger partial charge in [0.1, 0.15) is 12.4 Å². The third kappa shape index (κ3) is 5.07. The minimum Gasteiger partial charge on any atom is -0.488 e. The van der Waals surface area contributed by atoms with E-state index in [1.165, 1.54) is 67.6 Å². The second kappa shape index (κ2) is 9.98. The van der Waals surface area contributed by atoms with Gasteiger partial charge in [0.05, 0.1) is 11.4 Å². The molecule has 0 bridgehead atoms. The van der Waals surface area contributed by atoms with Gasteiger partial charge in [0.25, 0.3) is 0 Å². The van der Waals surface area contributed by atoms with Crippen LogP contribution in [0.4, 0.5) is 5.69 Å². The Morgan fingerprint density at radius 1 is 1.00 bits per heavy atom. The van der Waals surface area contributed by atoms with Gasteiger partial charge in [0.2, 0.25) is 0 Å². The van der Waals surface area contributed by atoms with Crippen LogP contribution in [0.1, 0.15) is 61.1 Å². The molecule has 0 amide bonds. The van der Waals surface area contributed by atoms with Gasteiger partial charge in [-0.15, -0.1) is 0 Å². The highest BCUT2D eigenvalue weighted by molar-refractivity contribution is 6.30. The van der Waals surface area contributed by atoms with E-state index in [0.29, 0.717) is 12.5 Å². The summed E-state index contributed by atoms with van der Waals surface area (Å²) >= 11 is 6.00. The van der Waals surface area contributed by atoms with Gasteiger partial charge in [-0.2, -0.15) is 0 Å². The van der Waals surface area contributed by atoms with E-state index in [9.17, 15) is 0 Å². The Morgan fingerprint density at radius 3 is 2.50 bits per heavy atom. The molecule has 0 spiro atoms. The topological polar surface area (TPSA) is 33.6 Å². The van der Waals surface area contributed by atoms with Crippen molar-refractivity contribution in [3.63, 3.8) is 0 Å². The maximum Gasteiger partial charge on any atom is 0.127 e. The summed E-state index contributed by atoms with van der Waals surface area (Å²) in [5.41, 5.74) is 6.33. The number of fused-ring (bicyclic) bond motifs is 1. The molecule has 2 heterocycles. The molecule has 0 aliphatic carbocycles. The summed E-state index contributed by atoms with van der Waals surface area (Å²) in [6, 6.07) is 12.1. The average Bonchev–Trinajstić information content (AvgIpc) is 3.12. The van der Waals surface area contributed by atoms with Crippen molar-refractivity contribution in [3.05, 3.63) is 58.1 Å². The first-order chi connectivity index (χ1) is 14.6. The predicted octanol–water partition coefficient (Wildman–Crippen LogP) is 6.77. The Morgan fingerprint density at radius 2 is 1.73 bits per heavy atom. The van der Waals surface area contributed by atoms with E-state index in [0.717, 1.165) is 28.8 Å². The fourth-order valence-electron chi connectivity index (χ4n) is 4.75. The number of hydrogen-bond acceptors (Lipinski definition) is 3. The fourth-order valence-corrected chi connectivity index (χ4v) is 4.87. The lowest BCUT2D eigenvalue weighted by Crippen LogP contribution is -2.27. The highest BCUT2D eigenvalue weighted by Crippen LogP contribution is 2.42. The van der Waals surface area contributed by atoms with Crippen LogP contribution in [0.5, 0.6) is 5.75 Å². The van der Waals surface area contributed by atoms with Crippen molar-refractivity contribution in [2.24, 2.45) is 10.9 Å². The Bertz CT molecular complexity index is 885. The number of hydrogen-bond donors (Lipinski definition) is 1. The zero-order valence-electron chi connectivity index (χ0n) is 18.2. The molecule has 3 nitrogen and oxygen atoms in total. The molecule has 160 valence electrons. The molecule has 1 unspecified atom stereocenters. The van der Waals surface area contributed by atoms with E-state index in [-0.39, 0.29) is 0 Å². The number of halogens is 1. The Kier molecular flexibility index (Phi) is 7.12. The standard InChI is InChI=1S/C26H33ClN2O/c1-18-7-12-24-23(6-4-3-5-20-13-15-28-16-14-20)25(29-26(24)19(18)2)17-30-22-10-8-21(27)9-11-22/h7-12,20,23,28H,3-6,13-17H2,1-2H3. The molecule has 4 rings (SSSR count). The molecule has 2 aromatic rings. The van der Waals surface area contributed by atoms with Gasteiger partial charge in [-0.3, -0.25) is 4.99 Å². The molecule has 1 saturated heterocycles.